The van der Waals surface area contributed by atoms with Crippen LogP contribution in [0.5, 0.6) is 0 Å². The maximum Gasteiger partial charge on any atom is 0.188 e. The zero-order valence-corrected chi connectivity index (χ0v) is 13.2. The topological polar surface area (TPSA) is 59.6 Å². The molecule has 1 aromatic rings. The predicted molar refractivity (Wildman–Crippen MR) is 83.3 cm³/mol. The Labute approximate surface area is 123 Å². The Morgan fingerprint density at radius 1 is 1.47 bits per heavy atom. The van der Waals surface area contributed by atoms with Crippen molar-refractivity contribution in [2.24, 2.45) is 10.7 Å². The fourth-order valence-corrected chi connectivity index (χ4v) is 2.07. The van der Waals surface area contributed by atoms with Crippen LogP contribution < -0.4 is 11.1 Å². The molecule has 106 valence electrons. The van der Waals surface area contributed by atoms with Gasteiger partial charge in [-0.1, -0.05) is 22.0 Å². The largest absolute Gasteiger partial charge is 0.382 e. The van der Waals surface area contributed by atoms with Crippen molar-refractivity contribution in [3.8, 4) is 0 Å². The summed E-state index contributed by atoms with van der Waals surface area (Å²) >= 11 is 3.45. The molecule has 0 saturated heterocycles. The highest BCUT2D eigenvalue weighted by molar-refractivity contribution is 9.10. The van der Waals surface area contributed by atoms with Gasteiger partial charge < -0.3 is 15.8 Å². The van der Waals surface area contributed by atoms with Crippen LogP contribution in [0.2, 0.25) is 0 Å². The molecule has 0 aliphatic heterocycles. The van der Waals surface area contributed by atoms with Crippen molar-refractivity contribution in [1.29, 1.82) is 0 Å². The van der Waals surface area contributed by atoms with E-state index in [4.69, 9.17) is 10.5 Å². The fourth-order valence-electron chi connectivity index (χ4n) is 1.60. The quantitative estimate of drug-likeness (QED) is 0.459. The summed E-state index contributed by atoms with van der Waals surface area (Å²) in [5.41, 5.74) is 8.20. The van der Waals surface area contributed by atoms with Gasteiger partial charge in [-0.25, -0.2) is 4.99 Å². The Bertz CT molecular complexity index is 421. The van der Waals surface area contributed by atoms with E-state index in [1.54, 1.807) is 0 Å². The Hall–Kier alpha value is -1.07. The molecule has 0 aliphatic rings. The molecular weight excluding hydrogens is 306 g/mol. The Kier molecular flexibility index (Phi) is 7.52. The third-order valence-corrected chi connectivity index (χ3v) is 3.19. The van der Waals surface area contributed by atoms with E-state index in [-0.39, 0.29) is 0 Å². The number of nitrogens with zero attached hydrogens (tertiary/aromatic N) is 1. The van der Waals surface area contributed by atoms with E-state index in [1.807, 2.05) is 13.0 Å². The number of aryl methyl sites for hydroxylation is 1. The first-order chi connectivity index (χ1) is 9.13. The lowest BCUT2D eigenvalue weighted by atomic mass is 10.1. The van der Waals surface area contributed by atoms with Crippen molar-refractivity contribution in [1.82, 2.24) is 5.32 Å². The average molecular weight is 328 g/mol. The van der Waals surface area contributed by atoms with Gasteiger partial charge in [0, 0.05) is 24.2 Å². The summed E-state index contributed by atoms with van der Waals surface area (Å²) in [6.45, 7) is 6.96. The Morgan fingerprint density at radius 3 is 2.95 bits per heavy atom. The molecule has 5 heteroatoms. The standard InChI is InChI=1S/C14H22BrN3O/c1-3-19-8-4-7-17-14(16)18-10-12-5-6-13(15)9-11(12)2/h5-6,9H,3-4,7-8,10H2,1-2H3,(H3,16,17,18). The first kappa shape index (κ1) is 16.0. The van der Waals surface area contributed by atoms with Crippen LogP contribution >= 0.6 is 15.9 Å². The normalized spacial score (nSPS) is 11.6. The highest BCUT2D eigenvalue weighted by Gasteiger charge is 1.98. The number of rotatable bonds is 7. The third kappa shape index (κ3) is 6.59. The lowest BCUT2D eigenvalue weighted by molar-refractivity contribution is 0.145. The molecule has 0 saturated carbocycles. The molecule has 0 aliphatic carbocycles. The molecule has 0 bridgehead atoms. The molecule has 1 rings (SSSR count). The highest BCUT2D eigenvalue weighted by Crippen LogP contribution is 2.16. The molecular formula is C14H22BrN3O. The average Bonchev–Trinajstić information content (AvgIpc) is 2.37. The number of aliphatic imine (C=N–C) groups is 1. The molecule has 19 heavy (non-hydrogen) atoms. The molecule has 4 nitrogen and oxygen atoms in total. The van der Waals surface area contributed by atoms with Crippen LogP contribution in [0.25, 0.3) is 0 Å². The van der Waals surface area contributed by atoms with Crippen molar-refractivity contribution in [2.45, 2.75) is 26.8 Å². The molecule has 1 aromatic carbocycles. The van der Waals surface area contributed by atoms with Crippen molar-refractivity contribution in [2.75, 3.05) is 19.8 Å². The monoisotopic (exact) mass is 327 g/mol. The van der Waals surface area contributed by atoms with Gasteiger partial charge in [0.15, 0.2) is 5.96 Å². The van der Waals surface area contributed by atoms with E-state index in [0.29, 0.717) is 12.5 Å². The number of hydrogen-bond donors (Lipinski definition) is 2. The second-order valence-electron chi connectivity index (χ2n) is 4.25. The molecule has 0 radical (unpaired) electrons. The van der Waals surface area contributed by atoms with Crippen LogP contribution in [0.4, 0.5) is 0 Å². The second-order valence-corrected chi connectivity index (χ2v) is 5.17. The van der Waals surface area contributed by atoms with Gasteiger partial charge in [0.25, 0.3) is 0 Å². The van der Waals surface area contributed by atoms with Crippen molar-refractivity contribution in [3.05, 3.63) is 33.8 Å². The number of nitrogens with two attached hydrogens (primary N) is 1. The van der Waals surface area contributed by atoms with E-state index in [2.05, 4.69) is 45.3 Å². The van der Waals surface area contributed by atoms with Crippen molar-refractivity contribution >= 4 is 21.9 Å². The third-order valence-electron chi connectivity index (χ3n) is 2.70. The van der Waals surface area contributed by atoms with Crippen molar-refractivity contribution < 1.29 is 4.74 Å². The van der Waals surface area contributed by atoms with Crippen LogP contribution in [-0.4, -0.2) is 25.7 Å². The predicted octanol–water partition coefficient (Wildman–Crippen LogP) is 2.59. The van der Waals surface area contributed by atoms with Gasteiger partial charge in [-0.15, -0.1) is 0 Å². The van der Waals surface area contributed by atoms with E-state index in [9.17, 15) is 0 Å². The molecule has 0 aromatic heterocycles. The molecule has 0 unspecified atom stereocenters. The highest BCUT2D eigenvalue weighted by atomic mass is 79.9. The number of halogens is 1. The van der Waals surface area contributed by atoms with Crippen LogP contribution in [0.15, 0.2) is 27.7 Å². The number of guanidine groups is 1. The number of nitrogens with one attached hydrogen (secondary N) is 1. The molecule has 0 heterocycles. The van der Waals surface area contributed by atoms with E-state index < -0.39 is 0 Å². The number of hydrogen-bond acceptors (Lipinski definition) is 2. The minimum absolute atomic E-state index is 0.485. The number of ether oxygens (including phenoxy) is 1. The van der Waals surface area contributed by atoms with E-state index in [0.717, 1.165) is 30.7 Å². The minimum Gasteiger partial charge on any atom is -0.382 e. The summed E-state index contributed by atoms with van der Waals surface area (Å²) < 4.78 is 6.33. The lowest BCUT2D eigenvalue weighted by Gasteiger charge is -2.07. The molecule has 0 amide bonds. The van der Waals surface area contributed by atoms with Gasteiger partial charge in [-0.3, -0.25) is 0 Å². The Balaban J connectivity index is 2.34. The summed E-state index contributed by atoms with van der Waals surface area (Å²) in [5.74, 6) is 0.485. The molecule has 0 atom stereocenters. The zero-order valence-electron chi connectivity index (χ0n) is 11.6. The van der Waals surface area contributed by atoms with Gasteiger partial charge in [-0.05, 0) is 43.5 Å². The first-order valence-corrected chi connectivity index (χ1v) is 7.29. The lowest BCUT2D eigenvalue weighted by Crippen LogP contribution is -2.32. The van der Waals surface area contributed by atoms with Crippen LogP contribution in [0.1, 0.15) is 24.5 Å². The second kappa shape index (κ2) is 8.93. The van der Waals surface area contributed by atoms with Crippen LogP contribution in [0, 0.1) is 6.92 Å². The van der Waals surface area contributed by atoms with Crippen LogP contribution in [-0.2, 0) is 11.3 Å². The van der Waals surface area contributed by atoms with E-state index >= 15 is 0 Å². The first-order valence-electron chi connectivity index (χ1n) is 6.50. The molecule has 0 spiro atoms. The van der Waals surface area contributed by atoms with Crippen molar-refractivity contribution in [3.63, 3.8) is 0 Å². The smallest absolute Gasteiger partial charge is 0.188 e. The summed E-state index contributed by atoms with van der Waals surface area (Å²) in [7, 11) is 0. The maximum absolute atomic E-state index is 5.81. The fraction of sp³-hybridized carbons (Fsp3) is 0.500. The summed E-state index contributed by atoms with van der Waals surface area (Å²) in [4.78, 5) is 4.33. The molecule has 3 N–H and O–H groups in total. The minimum atomic E-state index is 0.485. The SMILES string of the molecule is CCOCCCNC(N)=NCc1ccc(Br)cc1C. The van der Waals surface area contributed by atoms with Gasteiger partial charge in [0.2, 0.25) is 0 Å². The van der Waals surface area contributed by atoms with Crippen LogP contribution in [0.3, 0.4) is 0 Å². The molecule has 0 fully saturated rings. The summed E-state index contributed by atoms with van der Waals surface area (Å²) in [5, 5.41) is 3.08. The number of benzene rings is 1. The van der Waals surface area contributed by atoms with Gasteiger partial charge in [-0.2, -0.15) is 0 Å². The van der Waals surface area contributed by atoms with Gasteiger partial charge >= 0.3 is 0 Å². The maximum atomic E-state index is 5.81. The van der Waals surface area contributed by atoms with Gasteiger partial charge in [0.1, 0.15) is 0 Å². The zero-order chi connectivity index (χ0) is 14.1. The Morgan fingerprint density at radius 2 is 2.26 bits per heavy atom. The summed E-state index contributed by atoms with van der Waals surface area (Å²) in [6, 6.07) is 6.16. The van der Waals surface area contributed by atoms with Gasteiger partial charge in [0.05, 0.1) is 6.54 Å². The van der Waals surface area contributed by atoms with E-state index in [1.165, 1.54) is 11.1 Å². The summed E-state index contributed by atoms with van der Waals surface area (Å²) in [6.07, 6.45) is 0.932.